The van der Waals surface area contributed by atoms with Crippen LogP contribution in [-0.4, -0.2) is 38.4 Å². The summed E-state index contributed by atoms with van der Waals surface area (Å²) in [5.74, 6) is 0.195. The Morgan fingerprint density at radius 3 is 2.75 bits per heavy atom. The third-order valence-corrected chi connectivity index (χ3v) is 5.83. The van der Waals surface area contributed by atoms with Gasteiger partial charge in [-0.25, -0.2) is 4.98 Å². The van der Waals surface area contributed by atoms with Crippen molar-refractivity contribution in [3.05, 3.63) is 72.8 Å². The minimum Gasteiger partial charge on any atom is -0.404 e. The van der Waals surface area contributed by atoms with E-state index in [0.717, 1.165) is 62.3 Å². The SMILES string of the molecule is C=CC(=O)Nc1cc(-c2c(-c3cnn(C)c3)[nH]c3ncc(/C(C=NCC(C)C)=C/N)cc23)ccc1C. The average Bonchev–Trinajstić information content (AvgIpc) is 3.46. The molecule has 0 saturated heterocycles. The van der Waals surface area contributed by atoms with Gasteiger partial charge in [0.15, 0.2) is 0 Å². The second kappa shape index (κ2) is 10.4. The summed E-state index contributed by atoms with van der Waals surface area (Å²) in [6.45, 7) is 10.5. The number of hydrogen-bond acceptors (Lipinski definition) is 5. The van der Waals surface area contributed by atoms with E-state index in [2.05, 4.69) is 46.9 Å². The van der Waals surface area contributed by atoms with E-state index in [-0.39, 0.29) is 5.91 Å². The van der Waals surface area contributed by atoms with Gasteiger partial charge >= 0.3 is 0 Å². The zero-order valence-electron chi connectivity index (χ0n) is 21.0. The number of pyridine rings is 1. The van der Waals surface area contributed by atoms with Gasteiger partial charge in [0.05, 0.1) is 11.9 Å². The summed E-state index contributed by atoms with van der Waals surface area (Å²) in [6, 6.07) is 8.06. The van der Waals surface area contributed by atoms with Gasteiger partial charge in [-0.1, -0.05) is 32.6 Å². The van der Waals surface area contributed by atoms with Crippen LogP contribution in [0.4, 0.5) is 5.69 Å². The summed E-state index contributed by atoms with van der Waals surface area (Å²) in [5.41, 5.74) is 13.7. The molecule has 36 heavy (non-hydrogen) atoms. The Balaban J connectivity index is 1.91. The Morgan fingerprint density at radius 2 is 2.08 bits per heavy atom. The van der Waals surface area contributed by atoms with Crippen molar-refractivity contribution in [3.8, 4) is 22.4 Å². The van der Waals surface area contributed by atoms with Crippen LogP contribution in [0.25, 0.3) is 39.0 Å². The van der Waals surface area contributed by atoms with E-state index in [1.54, 1.807) is 23.3 Å². The van der Waals surface area contributed by atoms with Gasteiger partial charge in [0.25, 0.3) is 0 Å². The van der Waals surface area contributed by atoms with Crippen molar-refractivity contribution < 1.29 is 4.79 Å². The first-order chi connectivity index (χ1) is 17.3. The highest BCUT2D eigenvalue weighted by Crippen LogP contribution is 2.39. The van der Waals surface area contributed by atoms with Gasteiger partial charge in [-0.3, -0.25) is 14.5 Å². The summed E-state index contributed by atoms with van der Waals surface area (Å²) in [5, 5.41) is 8.18. The minimum atomic E-state index is -0.260. The summed E-state index contributed by atoms with van der Waals surface area (Å²) >= 11 is 0. The molecule has 0 fully saturated rings. The number of rotatable bonds is 8. The van der Waals surface area contributed by atoms with Crippen LogP contribution in [0.15, 0.2) is 66.7 Å². The maximum absolute atomic E-state index is 12.0. The fourth-order valence-electron chi connectivity index (χ4n) is 3.97. The van der Waals surface area contributed by atoms with Crippen molar-refractivity contribution in [1.29, 1.82) is 0 Å². The van der Waals surface area contributed by atoms with Crippen LogP contribution in [-0.2, 0) is 11.8 Å². The molecule has 0 saturated carbocycles. The molecule has 184 valence electrons. The lowest BCUT2D eigenvalue weighted by molar-refractivity contribution is -0.111. The van der Waals surface area contributed by atoms with Crippen molar-refractivity contribution in [1.82, 2.24) is 19.7 Å². The molecule has 0 aliphatic heterocycles. The van der Waals surface area contributed by atoms with Gasteiger partial charge in [0.1, 0.15) is 5.65 Å². The first-order valence-corrected chi connectivity index (χ1v) is 11.8. The van der Waals surface area contributed by atoms with Crippen molar-refractivity contribution in [3.63, 3.8) is 0 Å². The molecule has 0 spiro atoms. The standard InChI is InChI=1S/C28H31N7O/c1-6-25(36)33-24-10-19(8-7-18(24)4)26-23-9-20(21(11-29)13-30-12-17(2)3)14-31-28(23)34-27(26)22-15-32-35(5)16-22/h6-11,13-17H,1,12,29H2,2-5H3,(H,31,34)(H,33,36)/b21-11+,30-13?. The first kappa shape index (κ1) is 24.7. The van der Waals surface area contributed by atoms with Crippen molar-refractivity contribution >= 4 is 34.4 Å². The number of hydrogen-bond donors (Lipinski definition) is 3. The number of nitrogens with one attached hydrogen (secondary N) is 2. The molecule has 0 bridgehead atoms. The molecule has 3 heterocycles. The molecule has 0 unspecified atom stereocenters. The Bertz CT molecular complexity index is 1490. The van der Waals surface area contributed by atoms with E-state index in [4.69, 9.17) is 10.7 Å². The number of nitrogens with zero attached hydrogens (tertiary/aromatic N) is 4. The summed E-state index contributed by atoms with van der Waals surface area (Å²) in [6.07, 6.45) is 10.2. The lowest BCUT2D eigenvalue weighted by Crippen LogP contribution is -2.08. The Hall–Kier alpha value is -4.46. The van der Waals surface area contributed by atoms with E-state index in [1.807, 2.05) is 44.6 Å². The maximum Gasteiger partial charge on any atom is 0.247 e. The average molecular weight is 482 g/mol. The number of aryl methyl sites for hydroxylation is 2. The molecule has 4 N–H and O–H groups in total. The van der Waals surface area contributed by atoms with Crippen LogP contribution in [0.2, 0.25) is 0 Å². The number of benzene rings is 1. The van der Waals surface area contributed by atoms with Gasteiger partial charge in [-0.15, -0.1) is 0 Å². The fraction of sp³-hybridized carbons (Fsp3) is 0.214. The van der Waals surface area contributed by atoms with Gasteiger partial charge in [-0.05, 0) is 42.2 Å². The highest BCUT2D eigenvalue weighted by molar-refractivity contribution is 6.12. The molecule has 1 aromatic carbocycles. The normalized spacial score (nSPS) is 12.1. The first-order valence-electron chi connectivity index (χ1n) is 11.8. The highest BCUT2D eigenvalue weighted by atomic mass is 16.1. The number of allylic oxidation sites excluding steroid dienone is 1. The van der Waals surface area contributed by atoms with Crippen LogP contribution in [0.1, 0.15) is 25.0 Å². The zero-order chi connectivity index (χ0) is 25.8. The van der Waals surface area contributed by atoms with Crippen LogP contribution < -0.4 is 11.1 Å². The monoisotopic (exact) mass is 481 g/mol. The highest BCUT2D eigenvalue weighted by Gasteiger charge is 2.19. The number of nitrogens with two attached hydrogens (primary N) is 1. The second-order valence-corrected chi connectivity index (χ2v) is 9.13. The predicted octanol–water partition coefficient (Wildman–Crippen LogP) is 5.09. The van der Waals surface area contributed by atoms with Crippen molar-refractivity contribution in [2.24, 2.45) is 23.7 Å². The molecular formula is C28H31N7O. The van der Waals surface area contributed by atoms with E-state index in [1.165, 1.54) is 6.08 Å². The quantitative estimate of drug-likeness (QED) is 0.240. The molecule has 8 heteroatoms. The van der Waals surface area contributed by atoms with Crippen LogP contribution in [0.5, 0.6) is 0 Å². The maximum atomic E-state index is 12.0. The summed E-state index contributed by atoms with van der Waals surface area (Å²) in [4.78, 5) is 24.7. The van der Waals surface area contributed by atoms with Gasteiger partial charge in [0.2, 0.25) is 5.91 Å². The second-order valence-electron chi connectivity index (χ2n) is 9.13. The van der Waals surface area contributed by atoms with E-state index in [0.29, 0.717) is 5.92 Å². The largest absolute Gasteiger partial charge is 0.404 e. The summed E-state index contributed by atoms with van der Waals surface area (Å²) in [7, 11) is 1.88. The number of aliphatic imine (C=N–C) groups is 1. The Morgan fingerprint density at radius 1 is 1.28 bits per heavy atom. The number of amides is 1. The third-order valence-electron chi connectivity index (χ3n) is 5.83. The number of carbonyl (C=O) groups excluding carboxylic acids is 1. The molecule has 0 aliphatic carbocycles. The lowest BCUT2D eigenvalue weighted by atomic mass is 9.97. The molecule has 4 aromatic rings. The fourth-order valence-corrected chi connectivity index (χ4v) is 3.97. The van der Waals surface area contributed by atoms with Gasteiger partial charge < -0.3 is 16.0 Å². The van der Waals surface area contributed by atoms with Gasteiger partial charge in [-0.2, -0.15) is 5.10 Å². The van der Waals surface area contributed by atoms with Crippen LogP contribution >= 0.6 is 0 Å². The molecule has 8 nitrogen and oxygen atoms in total. The van der Waals surface area contributed by atoms with E-state index >= 15 is 0 Å². The van der Waals surface area contributed by atoms with Crippen molar-refractivity contribution in [2.75, 3.05) is 11.9 Å². The summed E-state index contributed by atoms with van der Waals surface area (Å²) < 4.78 is 1.76. The van der Waals surface area contributed by atoms with E-state index < -0.39 is 0 Å². The molecular weight excluding hydrogens is 450 g/mol. The van der Waals surface area contributed by atoms with Crippen molar-refractivity contribution in [2.45, 2.75) is 20.8 Å². The molecule has 3 aromatic heterocycles. The van der Waals surface area contributed by atoms with Gasteiger partial charge in [0, 0.05) is 71.7 Å². The smallest absolute Gasteiger partial charge is 0.247 e. The number of carbonyl (C=O) groups is 1. The predicted molar refractivity (Wildman–Crippen MR) is 148 cm³/mol. The molecule has 1 amide bonds. The zero-order valence-corrected chi connectivity index (χ0v) is 21.0. The lowest BCUT2D eigenvalue weighted by Gasteiger charge is -2.11. The number of anilines is 1. The van der Waals surface area contributed by atoms with Crippen LogP contribution in [0.3, 0.4) is 0 Å². The number of aromatic nitrogens is 4. The molecule has 0 aliphatic rings. The number of aromatic amines is 1. The van der Waals surface area contributed by atoms with Crippen LogP contribution in [0, 0.1) is 12.8 Å². The molecule has 0 radical (unpaired) electrons. The third kappa shape index (κ3) is 5.12. The Kier molecular flexibility index (Phi) is 7.15. The molecule has 0 atom stereocenters. The van der Waals surface area contributed by atoms with E-state index in [9.17, 15) is 4.79 Å². The number of fused-ring (bicyclic) bond motifs is 1. The minimum absolute atomic E-state index is 0.260. The Labute approximate surface area is 210 Å². The molecule has 4 rings (SSSR count). The topological polar surface area (TPSA) is 114 Å². The number of H-pyrrole nitrogens is 1.